The normalized spacial score (nSPS) is 18.4. The van der Waals surface area contributed by atoms with Gasteiger partial charge in [0.15, 0.2) is 0 Å². The minimum absolute atomic E-state index is 0.130. The minimum Gasteiger partial charge on any atom is -0.383 e. The van der Waals surface area contributed by atoms with Crippen LogP contribution >= 0.6 is 15.9 Å². The van der Waals surface area contributed by atoms with Crippen LogP contribution in [0.15, 0.2) is 40.0 Å². The highest BCUT2D eigenvalue weighted by atomic mass is 79.9. The van der Waals surface area contributed by atoms with Gasteiger partial charge in [0.05, 0.1) is 28.6 Å². The van der Waals surface area contributed by atoms with Crippen molar-refractivity contribution in [2.45, 2.75) is 30.2 Å². The molecule has 6 nitrogen and oxygen atoms in total. The van der Waals surface area contributed by atoms with Crippen LogP contribution in [0.5, 0.6) is 0 Å². The molecule has 1 saturated heterocycles. The summed E-state index contributed by atoms with van der Waals surface area (Å²) in [6, 6.07) is 4.87. The van der Waals surface area contributed by atoms with Gasteiger partial charge in [-0.1, -0.05) is 0 Å². The maximum absolute atomic E-state index is 13.5. The number of anilines is 1. The molecule has 10 heteroatoms. The predicted molar refractivity (Wildman–Crippen MR) is 108 cm³/mol. The van der Waals surface area contributed by atoms with E-state index in [-0.39, 0.29) is 25.3 Å². The first-order chi connectivity index (χ1) is 13.2. The zero-order valence-electron chi connectivity index (χ0n) is 15.5. The number of hydrogen-bond donors (Lipinski definition) is 1. The standard InChI is InChI=1S/C18H23BrF2N4O2S/c1-27-10-9-24-8-6-23-17(24)4-11-28(22,26)14-2-3-16(15(19)12-14)25-7-5-18(20,21)13-25/h2-3,6,8,12,22H,4-5,7,9-11,13H2,1H3. The second-order valence-electron chi connectivity index (χ2n) is 6.80. The molecular weight excluding hydrogens is 454 g/mol. The van der Waals surface area contributed by atoms with Crippen molar-refractivity contribution in [3.63, 3.8) is 0 Å². The van der Waals surface area contributed by atoms with Gasteiger partial charge in [0.1, 0.15) is 5.82 Å². The Morgan fingerprint density at radius 1 is 1.43 bits per heavy atom. The Kier molecular flexibility index (Phi) is 6.41. The van der Waals surface area contributed by atoms with Crippen LogP contribution in [0.1, 0.15) is 12.2 Å². The highest BCUT2D eigenvalue weighted by Crippen LogP contribution is 2.36. The SMILES string of the molecule is COCCn1ccnc1CCS(=N)(=O)c1ccc(N2CCC(F)(F)C2)c(Br)c1. The van der Waals surface area contributed by atoms with Crippen molar-refractivity contribution >= 4 is 31.3 Å². The fourth-order valence-electron chi connectivity index (χ4n) is 3.20. The molecular formula is C18H23BrF2N4O2S. The molecule has 0 spiro atoms. The number of nitrogens with zero attached hydrogens (tertiary/aromatic N) is 3. The van der Waals surface area contributed by atoms with Gasteiger partial charge >= 0.3 is 0 Å². The van der Waals surface area contributed by atoms with Crippen LogP contribution < -0.4 is 4.90 Å². The molecule has 1 N–H and O–H groups in total. The van der Waals surface area contributed by atoms with Gasteiger partial charge in [-0.05, 0) is 34.1 Å². The molecule has 1 aliphatic rings. The fraction of sp³-hybridized carbons (Fsp3) is 0.500. The predicted octanol–water partition coefficient (Wildman–Crippen LogP) is 3.79. The number of imidazole rings is 1. The average Bonchev–Trinajstić information content (AvgIpc) is 3.23. The maximum atomic E-state index is 13.5. The van der Waals surface area contributed by atoms with Gasteiger partial charge in [-0.3, -0.25) is 0 Å². The summed E-state index contributed by atoms with van der Waals surface area (Å²) in [4.78, 5) is 6.26. The van der Waals surface area contributed by atoms with Crippen molar-refractivity contribution in [2.24, 2.45) is 0 Å². The Morgan fingerprint density at radius 3 is 2.86 bits per heavy atom. The first-order valence-corrected chi connectivity index (χ1v) is 11.4. The topological polar surface area (TPSA) is 71.2 Å². The van der Waals surface area contributed by atoms with Gasteiger partial charge in [-0.15, -0.1) is 0 Å². The summed E-state index contributed by atoms with van der Waals surface area (Å²) in [7, 11) is -1.42. The number of benzene rings is 1. The van der Waals surface area contributed by atoms with Crippen molar-refractivity contribution in [2.75, 3.05) is 37.5 Å². The lowest BCUT2D eigenvalue weighted by atomic mass is 10.3. The Bertz CT molecular complexity index is 933. The van der Waals surface area contributed by atoms with Crippen molar-refractivity contribution in [3.8, 4) is 0 Å². The largest absolute Gasteiger partial charge is 0.383 e. The van der Waals surface area contributed by atoms with E-state index in [0.717, 1.165) is 5.82 Å². The number of hydrogen-bond acceptors (Lipinski definition) is 5. The van der Waals surface area contributed by atoms with E-state index in [1.807, 2.05) is 10.8 Å². The smallest absolute Gasteiger partial charge is 0.266 e. The Balaban J connectivity index is 1.70. The number of halogens is 3. The third kappa shape index (κ3) is 4.90. The zero-order chi connectivity index (χ0) is 20.4. The number of ether oxygens (including phenoxy) is 1. The van der Waals surface area contributed by atoms with Gasteiger partial charge < -0.3 is 14.2 Å². The quantitative estimate of drug-likeness (QED) is 0.628. The van der Waals surface area contributed by atoms with E-state index in [2.05, 4.69) is 20.9 Å². The van der Waals surface area contributed by atoms with E-state index in [0.29, 0.717) is 34.6 Å². The lowest BCUT2D eigenvalue weighted by molar-refractivity contribution is 0.0257. The summed E-state index contributed by atoms with van der Waals surface area (Å²) in [5, 5.41) is 0. The third-order valence-corrected chi connectivity index (χ3v) is 7.19. The molecule has 1 aromatic carbocycles. The molecule has 1 fully saturated rings. The zero-order valence-corrected chi connectivity index (χ0v) is 17.9. The average molecular weight is 477 g/mol. The van der Waals surface area contributed by atoms with Gasteiger partial charge in [0, 0.05) is 60.6 Å². The first kappa shape index (κ1) is 21.2. The van der Waals surface area contributed by atoms with Gasteiger partial charge in [-0.2, -0.15) is 0 Å². The second kappa shape index (κ2) is 8.46. The molecule has 0 aliphatic carbocycles. The molecule has 1 aromatic heterocycles. The van der Waals surface area contributed by atoms with E-state index in [9.17, 15) is 13.0 Å². The number of nitrogens with one attached hydrogen (secondary N) is 1. The van der Waals surface area contributed by atoms with E-state index < -0.39 is 15.7 Å². The third-order valence-electron chi connectivity index (χ3n) is 4.76. The number of alkyl halides is 2. The van der Waals surface area contributed by atoms with E-state index >= 15 is 0 Å². The number of rotatable bonds is 8. The van der Waals surface area contributed by atoms with Gasteiger partial charge in [0.25, 0.3) is 5.92 Å². The van der Waals surface area contributed by atoms with Gasteiger partial charge in [-0.25, -0.2) is 22.8 Å². The first-order valence-electron chi connectivity index (χ1n) is 8.90. The molecule has 0 radical (unpaired) electrons. The van der Waals surface area contributed by atoms with E-state index in [1.165, 1.54) is 0 Å². The molecule has 2 aromatic rings. The summed E-state index contributed by atoms with van der Waals surface area (Å²) in [5.41, 5.74) is 0.631. The van der Waals surface area contributed by atoms with Crippen LogP contribution in [0.3, 0.4) is 0 Å². The molecule has 154 valence electrons. The van der Waals surface area contributed by atoms with Crippen LogP contribution in [0.4, 0.5) is 14.5 Å². The summed E-state index contributed by atoms with van der Waals surface area (Å²) in [5.74, 6) is -1.80. The molecule has 1 atom stereocenters. The summed E-state index contributed by atoms with van der Waals surface area (Å²) in [6.07, 6.45) is 3.73. The Hall–Kier alpha value is -1.52. The van der Waals surface area contributed by atoms with Crippen LogP contribution in [0, 0.1) is 4.78 Å². The van der Waals surface area contributed by atoms with Crippen molar-refractivity contribution in [3.05, 3.63) is 40.9 Å². The molecule has 0 amide bonds. The Labute approximate surface area is 172 Å². The molecule has 0 saturated carbocycles. The minimum atomic E-state index is -3.04. The fourth-order valence-corrected chi connectivity index (χ4v) is 5.29. The van der Waals surface area contributed by atoms with Crippen LogP contribution in [-0.4, -0.2) is 52.2 Å². The van der Waals surface area contributed by atoms with Crippen molar-refractivity contribution in [1.29, 1.82) is 4.78 Å². The number of methoxy groups -OCH3 is 1. The molecule has 28 heavy (non-hydrogen) atoms. The van der Waals surface area contributed by atoms with Crippen molar-refractivity contribution < 1.29 is 17.7 Å². The number of aromatic nitrogens is 2. The summed E-state index contributed by atoms with van der Waals surface area (Å²) >= 11 is 3.39. The lowest BCUT2D eigenvalue weighted by Crippen LogP contribution is -2.25. The second-order valence-corrected chi connectivity index (χ2v) is 9.88. The molecule has 1 unspecified atom stereocenters. The van der Waals surface area contributed by atoms with Crippen molar-refractivity contribution in [1.82, 2.24) is 9.55 Å². The van der Waals surface area contributed by atoms with Gasteiger partial charge in [0.2, 0.25) is 0 Å². The van der Waals surface area contributed by atoms with E-state index in [1.54, 1.807) is 36.4 Å². The molecule has 3 rings (SSSR count). The highest BCUT2D eigenvalue weighted by Gasteiger charge is 2.38. The summed E-state index contributed by atoms with van der Waals surface area (Å²) in [6.45, 7) is 1.13. The lowest BCUT2D eigenvalue weighted by Gasteiger charge is -2.20. The number of aryl methyl sites for hydroxylation is 1. The van der Waals surface area contributed by atoms with Crippen LogP contribution in [0.25, 0.3) is 0 Å². The van der Waals surface area contributed by atoms with E-state index in [4.69, 9.17) is 9.52 Å². The van der Waals surface area contributed by atoms with Crippen LogP contribution in [0.2, 0.25) is 0 Å². The molecule has 1 aliphatic heterocycles. The Morgan fingerprint density at radius 2 is 2.21 bits per heavy atom. The maximum Gasteiger partial charge on any atom is 0.266 e. The highest BCUT2D eigenvalue weighted by molar-refractivity contribution is 9.10. The summed E-state index contributed by atoms with van der Waals surface area (Å²) < 4.78 is 55.8. The van der Waals surface area contributed by atoms with Crippen LogP contribution in [-0.2, 0) is 27.4 Å². The molecule has 0 bridgehead atoms. The molecule has 2 heterocycles. The monoisotopic (exact) mass is 476 g/mol.